The first kappa shape index (κ1) is 18.6. The van der Waals surface area contributed by atoms with Gasteiger partial charge in [0.05, 0.1) is 0 Å². The van der Waals surface area contributed by atoms with E-state index in [-0.39, 0.29) is 5.91 Å². The highest BCUT2D eigenvalue weighted by Crippen LogP contribution is 2.43. The van der Waals surface area contributed by atoms with Crippen molar-refractivity contribution in [3.8, 4) is 0 Å². The number of rotatable bonds is 3. The van der Waals surface area contributed by atoms with Gasteiger partial charge in [-0.15, -0.1) is 0 Å². The predicted octanol–water partition coefficient (Wildman–Crippen LogP) is 3.14. The number of carbonyl (C=O) groups is 1. The van der Waals surface area contributed by atoms with E-state index in [9.17, 15) is 9.90 Å². The molecule has 5 heteroatoms. The molecule has 0 bridgehead atoms. The van der Waals surface area contributed by atoms with Gasteiger partial charge in [-0.1, -0.05) is 48.0 Å². The molecule has 0 spiro atoms. The first-order chi connectivity index (χ1) is 14.1. The van der Waals surface area contributed by atoms with Crippen molar-refractivity contribution >= 4 is 17.7 Å². The van der Waals surface area contributed by atoms with Crippen molar-refractivity contribution in [3.05, 3.63) is 70.8 Å². The van der Waals surface area contributed by atoms with Gasteiger partial charge in [0, 0.05) is 30.9 Å². The van der Waals surface area contributed by atoms with Crippen LogP contribution in [0.25, 0.3) is 6.08 Å². The van der Waals surface area contributed by atoms with Crippen molar-refractivity contribution in [2.75, 3.05) is 25.5 Å². The van der Waals surface area contributed by atoms with Gasteiger partial charge in [0.15, 0.2) is 11.7 Å². The van der Waals surface area contributed by atoms with Gasteiger partial charge in [0.2, 0.25) is 0 Å². The second-order valence-corrected chi connectivity index (χ2v) is 8.21. The van der Waals surface area contributed by atoms with Crippen LogP contribution < -0.4 is 5.32 Å². The maximum absolute atomic E-state index is 12.7. The molecule has 5 rings (SSSR count). The number of hydrogen-bond donors (Lipinski definition) is 2. The molecule has 2 N–H and O–H groups in total. The minimum atomic E-state index is -1.54. The third-order valence-corrected chi connectivity index (χ3v) is 6.61. The highest BCUT2D eigenvalue weighted by atomic mass is 16.5. The zero-order valence-corrected chi connectivity index (χ0v) is 16.6. The van der Waals surface area contributed by atoms with Crippen LogP contribution in [0.1, 0.15) is 36.0 Å². The van der Waals surface area contributed by atoms with Gasteiger partial charge in [0.25, 0.3) is 5.91 Å². The van der Waals surface area contributed by atoms with Gasteiger partial charge in [-0.2, -0.15) is 0 Å². The highest BCUT2D eigenvalue weighted by Gasteiger charge is 2.49. The molecule has 0 aromatic heterocycles. The molecule has 3 unspecified atom stereocenters. The Hall–Kier alpha value is -2.47. The number of nitrogens with one attached hydrogen (secondary N) is 1. The summed E-state index contributed by atoms with van der Waals surface area (Å²) in [6.07, 6.45) is 4.84. The fourth-order valence-electron chi connectivity index (χ4n) is 5.22. The van der Waals surface area contributed by atoms with Crippen LogP contribution in [-0.4, -0.2) is 48.3 Å². The van der Waals surface area contributed by atoms with E-state index in [1.165, 1.54) is 32.1 Å². The summed E-state index contributed by atoms with van der Waals surface area (Å²) in [5.74, 6) is -0.338. The first-order valence-electron chi connectivity index (χ1n) is 10.3. The van der Waals surface area contributed by atoms with Crippen LogP contribution in [0, 0.1) is 0 Å². The normalized spacial score (nSPS) is 30.3. The Morgan fingerprint density at radius 1 is 1.21 bits per heavy atom. The van der Waals surface area contributed by atoms with E-state index in [1.807, 2.05) is 48.5 Å². The Bertz CT molecular complexity index is 971. The largest absolute Gasteiger partial charge is 0.377 e. The van der Waals surface area contributed by atoms with Gasteiger partial charge < -0.3 is 15.2 Å². The van der Waals surface area contributed by atoms with Crippen LogP contribution in [0.4, 0.5) is 5.69 Å². The fourth-order valence-corrected chi connectivity index (χ4v) is 5.22. The number of benzene rings is 2. The van der Waals surface area contributed by atoms with E-state index >= 15 is 0 Å². The lowest BCUT2D eigenvalue weighted by atomic mass is 9.77. The molecule has 0 saturated carbocycles. The minimum Gasteiger partial charge on any atom is -0.377 e. The number of fused-ring (bicyclic) bond motifs is 2. The molecular weight excluding hydrogens is 364 g/mol. The van der Waals surface area contributed by atoms with Crippen molar-refractivity contribution in [1.82, 2.24) is 4.90 Å². The maximum atomic E-state index is 12.7. The molecule has 1 amide bonds. The molecule has 3 atom stereocenters. The Labute approximate surface area is 171 Å². The number of anilines is 1. The maximum Gasteiger partial charge on any atom is 0.257 e. The van der Waals surface area contributed by atoms with Gasteiger partial charge >= 0.3 is 0 Å². The number of ether oxygens (including phenoxy) is 1. The van der Waals surface area contributed by atoms with Crippen LogP contribution in [-0.2, 0) is 15.1 Å². The molecule has 3 aliphatic heterocycles. The molecule has 2 saturated heterocycles. The van der Waals surface area contributed by atoms with Crippen LogP contribution in [0.2, 0.25) is 0 Å². The zero-order valence-electron chi connectivity index (χ0n) is 16.6. The summed E-state index contributed by atoms with van der Waals surface area (Å²) in [5, 5.41) is 14.7. The SMILES string of the molecule is COC1C(=O)Nc2ccc(C=C3CCN4CCCC34)cc2C1(O)c1ccccc1. The fraction of sp³-hybridized carbons (Fsp3) is 0.375. The summed E-state index contributed by atoms with van der Waals surface area (Å²) in [6, 6.07) is 15.8. The number of nitrogens with zero attached hydrogens (tertiary/aromatic N) is 1. The van der Waals surface area contributed by atoms with E-state index in [0.717, 1.165) is 18.5 Å². The molecule has 150 valence electrons. The average molecular weight is 390 g/mol. The van der Waals surface area contributed by atoms with E-state index < -0.39 is 11.7 Å². The minimum absolute atomic E-state index is 0.338. The topological polar surface area (TPSA) is 61.8 Å². The van der Waals surface area contributed by atoms with Crippen molar-refractivity contribution in [1.29, 1.82) is 0 Å². The van der Waals surface area contributed by atoms with Crippen LogP contribution in [0.3, 0.4) is 0 Å². The summed E-state index contributed by atoms with van der Waals surface area (Å²) in [5.41, 5.74) is 2.92. The van der Waals surface area contributed by atoms with Gasteiger partial charge in [0.1, 0.15) is 0 Å². The number of methoxy groups -OCH3 is 1. The van der Waals surface area contributed by atoms with Gasteiger partial charge in [-0.05, 0) is 49.1 Å². The van der Waals surface area contributed by atoms with Crippen molar-refractivity contribution < 1.29 is 14.6 Å². The second kappa shape index (κ2) is 7.10. The summed E-state index contributed by atoms with van der Waals surface area (Å²) in [7, 11) is 1.46. The number of amides is 1. The molecule has 5 nitrogen and oxygen atoms in total. The summed E-state index contributed by atoms with van der Waals surface area (Å²) >= 11 is 0. The van der Waals surface area contributed by atoms with Gasteiger partial charge in [-0.3, -0.25) is 9.69 Å². The van der Waals surface area contributed by atoms with E-state index in [4.69, 9.17) is 4.74 Å². The van der Waals surface area contributed by atoms with Crippen molar-refractivity contribution in [2.45, 2.75) is 37.0 Å². The molecular formula is C24H26N2O3. The molecule has 0 radical (unpaired) electrons. The van der Waals surface area contributed by atoms with Gasteiger partial charge in [-0.25, -0.2) is 0 Å². The quantitative estimate of drug-likeness (QED) is 0.845. The second-order valence-electron chi connectivity index (χ2n) is 8.21. The average Bonchev–Trinajstić information content (AvgIpc) is 3.35. The zero-order chi connectivity index (χ0) is 20.0. The van der Waals surface area contributed by atoms with Crippen molar-refractivity contribution in [3.63, 3.8) is 0 Å². The molecule has 2 aromatic rings. The van der Waals surface area contributed by atoms with E-state index in [0.29, 0.717) is 22.9 Å². The lowest BCUT2D eigenvalue weighted by molar-refractivity contribution is -0.142. The summed E-state index contributed by atoms with van der Waals surface area (Å²) in [4.78, 5) is 15.2. The Morgan fingerprint density at radius 2 is 2.03 bits per heavy atom. The third-order valence-electron chi connectivity index (χ3n) is 6.61. The molecule has 3 heterocycles. The van der Waals surface area contributed by atoms with Crippen LogP contribution >= 0.6 is 0 Å². The molecule has 3 aliphatic rings. The summed E-state index contributed by atoms with van der Waals surface area (Å²) < 4.78 is 5.48. The van der Waals surface area contributed by atoms with Crippen molar-refractivity contribution in [2.24, 2.45) is 0 Å². The Kier molecular flexibility index (Phi) is 4.54. The van der Waals surface area contributed by atoms with Crippen LogP contribution in [0.5, 0.6) is 0 Å². The number of hydrogen-bond acceptors (Lipinski definition) is 4. The monoisotopic (exact) mass is 390 g/mol. The summed E-state index contributed by atoms with van der Waals surface area (Å²) in [6.45, 7) is 2.33. The molecule has 2 fully saturated rings. The third kappa shape index (κ3) is 2.92. The number of carbonyl (C=O) groups excluding carboxylic acids is 1. The predicted molar refractivity (Wildman–Crippen MR) is 112 cm³/mol. The number of aliphatic hydroxyl groups is 1. The molecule has 0 aliphatic carbocycles. The molecule has 29 heavy (non-hydrogen) atoms. The van der Waals surface area contributed by atoms with E-state index in [1.54, 1.807) is 0 Å². The standard InChI is InChI=1S/C24H26N2O3/c1-29-22-23(27)25-20-10-9-16(14-17-11-13-26-12-5-8-21(17)26)15-19(20)24(22,28)18-6-3-2-4-7-18/h2-4,6-7,9-10,14-15,21-22,28H,5,8,11-13H2,1H3,(H,25,27). The lowest BCUT2D eigenvalue weighted by Crippen LogP contribution is -2.52. The lowest BCUT2D eigenvalue weighted by Gasteiger charge is -2.40. The van der Waals surface area contributed by atoms with Crippen LogP contribution in [0.15, 0.2) is 54.1 Å². The smallest absolute Gasteiger partial charge is 0.257 e. The highest BCUT2D eigenvalue weighted by molar-refractivity contribution is 5.99. The van der Waals surface area contributed by atoms with E-state index in [2.05, 4.69) is 16.3 Å². The Morgan fingerprint density at radius 3 is 2.83 bits per heavy atom. The Balaban J connectivity index is 1.61. The first-order valence-corrected chi connectivity index (χ1v) is 10.3. The molecule has 2 aromatic carbocycles.